The van der Waals surface area contributed by atoms with Crippen LogP contribution in [0.15, 0.2) is 12.3 Å². The molecule has 9 heavy (non-hydrogen) atoms. The summed E-state index contributed by atoms with van der Waals surface area (Å²) in [6.07, 6.45) is 1.41. The lowest BCUT2D eigenvalue weighted by atomic mass is 10.3. The van der Waals surface area contributed by atoms with E-state index in [9.17, 15) is 4.39 Å². The van der Waals surface area contributed by atoms with E-state index in [-0.39, 0.29) is 11.6 Å². The zero-order valence-corrected chi connectivity index (χ0v) is 5.06. The van der Waals surface area contributed by atoms with E-state index in [0.29, 0.717) is 5.56 Å². The summed E-state index contributed by atoms with van der Waals surface area (Å²) in [5.74, 6) is -0.0828. The molecule has 0 aliphatic rings. The highest BCUT2D eigenvalue weighted by Gasteiger charge is 1.95. The summed E-state index contributed by atoms with van der Waals surface area (Å²) < 4.78 is 12.5. The first-order valence-electron chi connectivity index (χ1n) is 2.58. The molecule has 2 N–H and O–H groups in total. The average Bonchev–Trinajstić information content (AvgIpc) is 1.80. The fourth-order valence-electron chi connectivity index (χ4n) is 0.514. The van der Waals surface area contributed by atoms with Crippen molar-refractivity contribution in [3.05, 3.63) is 23.6 Å². The number of hydrogen-bond acceptors (Lipinski definition) is 2. The van der Waals surface area contributed by atoms with E-state index in [1.165, 1.54) is 12.3 Å². The number of nitrogens with zero attached hydrogens (tertiary/aromatic N) is 1. The van der Waals surface area contributed by atoms with Crippen LogP contribution in [0.2, 0.25) is 0 Å². The fourth-order valence-corrected chi connectivity index (χ4v) is 0.514. The van der Waals surface area contributed by atoms with Crippen molar-refractivity contribution in [1.82, 2.24) is 4.98 Å². The number of halogens is 1. The smallest absolute Gasteiger partial charge is 0.131 e. The van der Waals surface area contributed by atoms with E-state index in [1.54, 1.807) is 6.92 Å². The molecule has 48 valence electrons. The van der Waals surface area contributed by atoms with E-state index in [4.69, 9.17) is 5.73 Å². The van der Waals surface area contributed by atoms with Crippen LogP contribution in [-0.2, 0) is 0 Å². The van der Waals surface area contributed by atoms with Gasteiger partial charge in [-0.1, -0.05) is 0 Å². The van der Waals surface area contributed by atoms with Crippen molar-refractivity contribution in [2.75, 3.05) is 5.73 Å². The van der Waals surface area contributed by atoms with Crippen LogP contribution >= 0.6 is 0 Å². The van der Waals surface area contributed by atoms with Gasteiger partial charge in [0.1, 0.15) is 11.6 Å². The highest BCUT2D eigenvalue weighted by Crippen LogP contribution is 2.05. The summed E-state index contributed by atoms with van der Waals surface area (Å²) in [7, 11) is 0. The molecule has 0 bridgehead atoms. The molecule has 0 aliphatic carbocycles. The number of nitrogen functional groups attached to an aromatic ring is 1. The Hall–Kier alpha value is -1.12. The number of pyridine rings is 1. The second kappa shape index (κ2) is 2.01. The highest BCUT2D eigenvalue weighted by molar-refractivity contribution is 5.29. The van der Waals surface area contributed by atoms with Gasteiger partial charge in [0, 0.05) is 17.8 Å². The van der Waals surface area contributed by atoms with Crippen LogP contribution in [0, 0.1) is 12.7 Å². The molecule has 1 aromatic heterocycles. The number of hydrogen-bond donors (Lipinski definition) is 1. The second-order valence-corrected chi connectivity index (χ2v) is 1.86. The molecule has 0 saturated heterocycles. The topological polar surface area (TPSA) is 38.9 Å². The number of nitrogens with two attached hydrogens (primary N) is 1. The Morgan fingerprint density at radius 2 is 2.33 bits per heavy atom. The predicted octanol–water partition coefficient (Wildman–Crippen LogP) is 1.11. The molecule has 1 rings (SSSR count). The van der Waals surface area contributed by atoms with Gasteiger partial charge in [0.25, 0.3) is 0 Å². The molecule has 0 unspecified atom stereocenters. The minimum atomic E-state index is -0.303. The fraction of sp³-hybridized carbons (Fsp3) is 0.167. The van der Waals surface area contributed by atoms with Gasteiger partial charge < -0.3 is 5.73 Å². The minimum absolute atomic E-state index is 0.220. The van der Waals surface area contributed by atoms with Gasteiger partial charge >= 0.3 is 0 Å². The van der Waals surface area contributed by atoms with E-state index in [1.807, 2.05) is 0 Å². The third-order valence-corrected chi connectivity index (χ3v) is 1.06. The molecule has 0 aliphatic heterocycles. The number of aryl methyl sites for hydroxylation is 1. The van der Waals surface area contributed by atoms with Crippen molar-refractivity contribution in [2.45, 2.75) is 6.92 Å². The van der Waals surface area contributed by atoms with Gasteiger partial charge in [-0.05, 0) is 6.92 Å². The maximum atomic E-state index is 12.5. The molecule has 0 amide bonds. The Bertz CT molecular complexity index is 222. The van der Waals surface area contributed by atoms with Crippen molar-refractivity contribution < 1.29 is 4.39 Å². The summed E-state index contributed by atoms with van der Waals surface area (Å²) in [6, 6.07) is 1.20. The van der Waals surface area contributed by atoms with Gasteiger partial charge in [0.2, 0.25) is 0 Å². The first-order chi connectivity index (χ1) is 4.20. The van der Waals surface area contributed by atoms with Gasteiger partial charge in [-0.25, -0.2) is 9.37 Å². The van der Waals surface area contributed by atoms with Crippen LogP contribution in [0.3, 0.4) is 0 Å². The molecular weight excluding hydrogens is 119 g/mol. The Labute approximate surface area is 52.5 Å². The highest BCUT2D eigenvalue weighted by atomic mass is 19.1. The lowest BCUT2D eigenvalue weighted by Gasteiger charge is -1.94. The average molecular weight is 126 g/mol. The Kier molecular flexibility index (Phi) is 1.34. The van der Waals surface area contributed by atoms with Gasteiger partial charge in [-0.15, -0.1) is 0 Å². The molecule has 0 spiro atoms. The van der Waals surface area contributed by atoms with E-state index < -0.39 is 0 Å². The summed E-state index contributed by atoms with van der Waals surface area (Å²) in [5.41, 5.74) is 5.69. The first-order valence-corrected chi connectivity index (χ1v) is 2.58. The summed E-state index contributed by atoms with van der Waals surface area (Å²) in [5, 5.41) is 0. The Morgan fingerprint density at radius 3 is 2.78 bits per heavy atom. The standard InChI is InChI=1S/C6H7FN2/c1-4-3-9-6(8)2-5(4)7/h2-3H,1H3,(H2,8,9). The zero-order valence-electron chi connectivity index (χ0n) is 5.06. The molecule has 1 aromatic rings. The van der Waals surface area contributed by atoms with Crippen molar-refractivity contribution in [3.8, 4) is 0 Å². The van der Waals surface area contributed by atoms with Gasteiger partial charge in [0.15, 0.2) is 0 Å². The van der Waals surface area contributed by atoms with Crippen molar-refractivity contribution in [2.24, 2.45) is 0 Å². The Morgan fingerprint density at radius 1 is 1.67 bits per heavy atom. The number of aromatic nitrogens is 1. The van der Waals surface area contributed by atoms with Crippen molar-refractivity contribution in [3.63, 3.8) is 0 Å². The van der Waals surface area contributed by atoms with Gasteiger partial charge in [-0.3, -0.25) is 0 Å². The molecule has 0 aromatic carbocycles. The third kappa shape index (κ3) is 1.16. The van der Waals surface area contributed by atoms with Crippen molar-refractivity contribution >= 4 is 5.82 Å². The molecule has 0 radical (unpaired) electrons. The summed E-state index contributed by atoms with van der Waals surface area (Å²) in [6.45, 7) is 1.64. The molecule has 0 fully saturated rings. The number of rotatable bonds is 0. The monoisotopic (exact) mass is 126 g/mol. The molecule has 0 atom stereocenters. The second-order valence-electron chi connectivity index (χ2n) is 1.86. The van der Waals surface area contributed by atoms with Crippen LogP contribution in [0.5, 0.6) is 0 Å². The van der Waals surface area contributed by atoms with Crippen LogP contribution in [-0.4, -0.2) is 4.98 Å². The van der Waals surface area contributed by atoms with Gasteiger partial charge in [-0.2, -0.15) is 0 Å². The van der Waals surface area contributed by atoms with Crippen LogP contribution in [0.4, 0.5) is 10.2 Å². The van der Waals surface area contributed by atoms with Crippen LogP contribution < -0.4 is 5.73 Å². The van der Waals surface area contributed by atoms with E-state index >= 15 is 0 Å². The number of anilines is 1. The maximum absolute atomic E-state index is 12.5. The zero-order chi connectivity index (χ0) is 6.85. The molecule has 0 saturated carbocycles. The summed E-state index contributed by atoms with van der Waals surface area (Å²) >= 11 is 0. The lowest BCUT2D eigenvalue weighted by Crippen LogP contribution is -1.92. The SMILES string of the molecule is Cc1cnc(N)cc1F. The molecule has 1 heterocycles. The van der Waals surface area contributed by atoms with Crippen molar-refractivity contribution in [1.29, 1.82) is 0 Å². The van der Waals surface area contributed by atoms with E-state index in [0.717, 1.165) is 0 Å². The predicted molar refractivity (Wildman–Crippen MR) is 33.3 cm³/mol. The lowest BCUT2D eigenvalue weighted by molar-refractivity contribution is 0.617. The maximum Gasteiger partial charge on any atom is 0.131 e. The van der Waals surface area contributed by atoms with Crippen LogP contribution in [0.25, 0.3) is 0 Å². The first kappa shape index (κ1) is 6.01. The van der Waals surface area contributed by atoms with Crippen LogP contribution in [0.1, 0.15) is 5.56 Å². The molecule has 2 nitrogen and oxygen atoms in total. The summed E-state index contributed by atoms with van der Waals surface area (Å²) in [4.78, 5) is 3.68. The Balaban J connectivity index is 3.17. The minimum Gasteiger partial charge on any atom is -0.384 e. The largest absolute Gasteiger partial charge is 0.384 e. The van der Waals surface area contributed by atoms with E-state index in [2.05, 4.69) is 4.98 Å². The quantitative estimate of drug-likeness (QED) is 0.565. The normalized spacial score (nSPS) is 9.56. The van der Waals surface area contributed by atoms with Gasteiger partial charge in [0.05, 0.1) is 0 Å². The molecular formula is C6H7FN2. The molecule has 3 heteroatoms. The third-order valence-electron chi connectivity index (χ3n) is 1.06.